The summed E-state index contributed by atoms with van der Waals surface area (Å²) in [5.74, 6) is 0. The standard InChI is InChI=1S/C6H14N2.C5H10O2/c1-6-5-8(2)4-3-7-6;1-5(2,3)7-4-6/h6-7H,3-5H2,1-2H3;4H,1-3H3. The van der Waals surface area contributed by atoms with E-state index < -0.39 is 0 Å². The number of rotatable bonds is 1. The summed E-state index contributed by atoms with van der Waals surface area (Å²) < 4.78 is 4.55. The van der Waals surface area contributed by atoms with E-state index in [4.69, 9.17) is 0 Å². The van der Waals surface area contributed by atoms with Crippen molar-refractivity contribution in [1.29, 1.82) is 0 Å². The van der Waals surface area contributed by atoms with Crippen molar-refractivity contribution in [3.8, 4) is 0 Å². The van der Waals surface area contributed by atoms with Crippen molar-refractivity contribution in [2.24, 2.45) is 0 Å². The molecule has 0 bridgehead atoms. The number of carbonyl (C=O) groups excluding carboxylic acids is 1. The van der Waals surface area contributed by atoms with Crippen LogP contribution in [0, 0.1) is 0 Å². The summed E-state index contributed by atoms with van der Waals surface area (Å²) in [6.07, 6.45) is 0. The van der Waals surface area contributed by atoms with Gasteiger partial charge in [0.25, 0.3) is 6.47 Å². The van der Waals surface area contributed by atoms with Crippen LogP contribution in [0.1, 0.15) is 27.7 Å². The van der Waals surface area contributed by atoms with Gasteiger partial charge in [0.15, 0.2) is 0 Å². The molecule has 0 aromatic heterocycles. The van der Waals surface area contributed by atoms with E-state index in [-0.39, 0.29) is 5.60 Å². The van der Waals surface area contributed by atoms with Crippen LogP contribution in [0.2, 0.25) is 0 Å². The average Bonchev–Trinajstić information content (AvgIpc) is 2.01. The molecule has 0 amide bonds. The highest BCUT2D eigenvalue weighted by atomic mass is 16.5. The summed E-state index contributed by atoms with van der Waals surface area (Å²) in [5.41, 5.74) is -0.318. The van der Waals surface area contributed by atoms with Gasteiger partial charge in [-0.2, -0.15) is 0 Å². The number of nitrogens with one attached hydrogen (secondary N) is 1. The van der Waals surface area contributed by atoms with Crippen LogP contribution in [-0.4, -0.2) is 49.7 Å². The predicted molar refractivity (Wildman–Crippen MR) is 61.9 cm³/mol. The van der Waals surface area contributed by atoms with E-state index in [0.717, 1.165) is 6.54 Å². The third-order valence-corrected chi connectivity index (χ3v) is 1.97. The second kappa shape index (κ2) is 6.80. The van der Waals surface area contributed by atoms with Gasteiger partial charge in [0.2, 0.25) is 0 Å². The number of piperazine rings is 1. The number of carbonyl (C=O) groups is 1. The van der Waals surface area contributed by atoms with E-state index >= 15 is 0 Å². The second-order valence-electron chi connectivity index (χ2n) is 4.94. The maximum Gasteiger partial charge on any atom is 0.293 e. The molecule has 15 heavy (non-hydrogen) atoms. The van der Waals surface area contributed by atoms with E-state index in [2.05, 4.69) is 28.9 Å². The first-order valence-corrected chi connectivity index (χ1v) is 5.38. The van der Waals surface area contributed by atoms with Gasteiger partial charge < -0.3 is 15.0 Å². The number of hydrogen-bond donors (Lipinski definition) is 1. The lowest BCUT2D eigenvalue weighted by Gasteiger charge is -2.28. The molecule has 1 rings (SSSR count). The van der Waals surface area contributed by atoms with Crippen molar-refractivity contribution in [3.05, 3.63) is 0 Å². The Kier molecular flexibility index (Phi) is 6.52. The first kappa shape index (κ1) is 14.4. The first-order chi connectivity index (χ1) is 6.85. The molecular formula is C11H24N2O2. The summed E-state index contributed by atoms with van der Waals surface area (Å²) in [4.78, 5) is 11.9. The molecule has 90 valence electrons. The van der Waals surface area contributed by atoms with Crippen LogP contribution in [0.15, 0.2) is 0 Å². The zero-order chi connectivity index (χ0) is 11.9. The lowest BCUT2D eigenvalue weighted by atomic mass is 10.2. The lowest BCUT2D eigenvalue weighted by Crippen LogP contribution is -2.47. The minimum Gasteiger partial charge on any atom is -0.462 e. The highest BCUT2D eigenvalue weighted by Crippen LogP contribution is 2.02. The summed E-state index contributed by atoms with van der Waals surface area (Å²) in [6.45, 7) is 11.7. The molecule has 1 heterocycles. The summed E-state index contributed by atoms with van der Waals surface area (Å²) in [5, 5.41) is 3.37. The Labute approximate surface area is 93.0 Å². The summed E-state index contributed by atoms with van der Waals surface area (Å²) >= 11 is 0. The van der Waals surface area contributed by atoms with Crippen molar-refractivity contribution >= 4 is 6.47 Å². The number of ether oxygens (including phenoxy) is 1. The molecule has 0 aliphatic carbocycles. The van der Waals surface area contributed by atoms with Crippen LogP contribution in [0.4, 0.5) is 0 Å². The van der Waals surface area contributed by atoms with Crippen molar-refractivity contribution in [2.75, 3.05) is 26.7 Å². The van der Waals surface area contributed by atoms with Gasteiger partial charge in [-0.25, -0.2) is 0 Å². The Morgan fingerprint density at radius 3 is 2.27 bits per heavy atom. The molecule has 4 heteroatoms. The molecule has 1 aliphatic rings. The smallest absolute Gasteiger partial charge is 0.293 e. The Morgan fingerprint density at radius 2 is 2.07 bits per heavy atom. The van der Waals surface area contributed by atoms with Gasteiger partial charge in [-0.05, 0) is 34.7 Å². The largest absolute Gasteiger partial charge is 0.462 e. The van der Waals surface area contributed by atoms with Crippen molar-refractivity contribution in [2.45, 2.75) is 39.3 Å². The minimum absolute atomic E-state index is 0.318. The van der Waals surface area contributed by atoms with Crippen LogP contribution in [0.25, 0.3) is 0 Å². The Morgan fingerprint density at radius 1 is 1.47 bits per heavy atom. The van der Waals surface area contributed by atoms with Crippen LogP contribution < -0.4 is 5.32 Å². The minimum atomic E-state index is -0.318. The quantitative estimate of drug-likeness (QED) is 0.660. The van der Waals surface area contributed by atoms with Crippen LogP contribution in [-0.2, 0) is 9.53 Å². The molecule has 0 radical (unpaired) electrons. The van der Waals surface area contributed by atoms with E-state index in [1.807, 2.05) is 20.8 Å². The molecule has 0 aromatic rings. The number of likely N-dealkylation sites (N-methyl/N-ethyl adjacent to an activating group) is 1. The van der Waals surface area contributed by atoms with E-state index in [0.29, 0.717) is 12.5 Å². The van der Waals surface area contributed by atoms with Crippen molar-refractivity contribution in [1.82, 2.24) is 10.2 Å². The van der Waals surface area contributed by atoms with Gasteiger partial charge >= 0.3 is 0 Å². The molecular weight excluding hydrogens is 192 g/mol. The molecule has 1 aliphatic heterocycles. The normalized spacial score (nSPS) is 22.6. The van der Waals surface area contributed by atoms with Gasteiger partial charge in [-0.1, -0.05) is 0 Å². The van der Waals surface area contributed by atoms with E-state index in [9.17, 15) is 4.79 Å². The Hall–Kier alpha value is -0.610. The maximum absolute atomic E-state index is 9.60. The fraction of sp³-hybridized carbons (Fsp3) is 0.909. The SMILES string of the molecule is CC(C)(C)OC=O.CC1CN(C)CCN1. The van der Waals surface area contributed by atoms with Crippen LogP contribution in [0.3, 0.4) is 0 Å². The Bertz CT molecular complexity index is 170. The molecule has 1 N–H and O–H groups in total. The fourth-order valence-electron chi connectivity index (χ4n) is 1.27. The van der Waals surface area contributed by atoms with Gasteiger partial charge in [0.05, 0.1) is 0 Å². The molecule has 1 saturated heterocycles. The third kappa shape index (κ3) is 9.69. The molecule has 1 atom stereocenters. The summed E-state index contributed by atoms with van der Waals surface area (Å²) in [7, 11) is 2.16. The summed E-state index contributed by atoms with van der Waals surface area (Å²) in [6, 6.07) is 0.689. The maximum atomic E-state index is 9.60. The van der Waals surface area contributed by atoms with Gasteiger partial charge in [-0.15, -0.1) is 0 Å². The highest BCUT2D eigenvalue weighted by Gasteiger charge is 2.09. The first-order valence-electron chi connectivity index (χ1n) is 5.38. The van der Waals surface area contributed by atoms with Crippen LogP contribution >= 0.6 is 0 Å². The molecule has 4 nitrogen and oxygen atoms in total. The molecule has 0 aromatic carbocycles. The number of nitrogens with zero attached hydrogens (tertiary/aromatic N) is 1. The lowest BCUT2D eigenvalue weighted by molar-refractivity contribution is -0.138. The van der Waals surface area contributed by atoms with E-state index in [1.165, 1.54) is 13.1 Å². The fourth-order valence-corrected chi connectivity index (χ4v) is 1.27. The van der Waals surface area contributed by atoms with Crippen molar-refractivity contribution < 1.29 is 9.53 Å². The van der Waals surface area contributed by atoms with Gasteiger partial charge in [0.1, 0.15) is 5.60 Å². The molecule has 0 spiro atoms. The predicted octanol–water partition coefficient (Wildman–Crippen LogP) is 0.868. The zero-order valence-electron chi connectivity index (χ0n) is 10.5. The van der Waals surface area contributed by atoms with Gasteiger partial charge in [-0.3, -0.25) is 4.79 Å². The van der Waals surface area contributed by atoms with E-state index in [1.54, 1.807) is 0 Å². The van der Waals surface area contributed by atoms with Crippen LogP contribution in [0.5, 0.6) is 0 Å². The third-order valence-electron chi connectivity index (χ3n) is 1.97. The zero-order valence-corrected chi connectivity index (χ0v) is 10.5. The van der Waals surface area contributed by atoms with Crippen molar-refractivity contribution in [3.63, 3.8) is 0 Å². The monoisotopic (exact) mass is 216 g/mol. The molecule has 1 unspecified atom stereocenters. The topological polar surface area (TPSA) is 41.6 Å². The molecule has 1 fully saturated rings. The molecule has 0 saturated carbocycles. The average molecular weight is 216 g/mol. The Balaban J connectivity index is 0.000000265. The van der Waals surface area contributed by atoms with Gasteiger partial charge in [0, 0.05) is 25.7 Å². The second-order valence-corrected chi connectivity index (χ2v) is 4.94. The highest BCUT2D eigenvalue weighted by molar-refractivity contribution is 5.37. The number of hydrogen-bond acceptors (Lipinski definition) is 4.